The Kier molecular flexibility index (Phi) is 5.58. The van der Waals surface area contributed by atoms with E-state index >= 15 is 0 Å². The maximum absolute atomic E-state index is 12.3. The number of rotatable bonds is 5. The number of piperidine rings is 1. The first-order chi connectivity index (χ1) is 12.9. The molecule has 4 rings (SSSR count). The van der Waals surface area contributed by atoms with Crippen LogP contribution in [0.4, 0.5) is 0 Å². The number of epoxide rings is 1. The largest absolute Gasteiger partial charge is 0.371 e. The quantitative estimate of drug-likeness (QED) is 0.702. The average Bonchev–Trinajstić information content (AvgIpc) is 3.48. The van der Waals surface area contributed by atoms with Crippen molar-refractivity contribution in [1.82, 2.24) is 14.7 Å². The van der Waals surface area contributed by atoms with Gasteiger partial charge in [0.15, 0.2) is 9.84 Å². The van der Waals surface area contributed by atoms with Crippen LogP contribution in [0.1, 0.15) is 24.4 Å². The topological polar surface area (TPSA) is 56.4 Å². The number of hydrogen-bond donors (Lipinski definition) is 0. The molecule has 0 N–H and O–H groups in total. The highest BCUT2D eigenvalue weighted by Crippen LogP contribution is 2.37. The zero-order valence-electron chi connectivity index (χ0n) is 16.4. The first kappa shape index (κ1) is 19.3. The van der Waals surface area contributed by atoms with Gasteiger partial charge in [-0.15, -0.1) is 0 Å². The normalized spacial score (nSPS) is 27.6. The van der Waals surface area contributed by atoms with E-state index in [0.717, 1.165) is 38.3 Å². The maximum atomic E-state index is 12.3. The van der Waals surface area contributed by atoms with Crippen LogP contribution in [0.2, 0.25) is 0 Å². The molecule has 3 aliphatic rings. The number of benzene rings is 1. The van der Waals surface area contributed by atoms with E-state index < -0.39 is 9.84 Å². The number of likely N-dealkylation sites (tertiary alicyclic amines) is 1. The molecule has 150 valence electrons. The predicted octanol–water partition coefficient (Wildman–Crippen LogP) is 1.24. The number of ether oxygens (including phenoxy) is 1. The number of sulfone groups is 1. The molecular weight excluding hydrogens is 362 g/mol. The molecule has 3 saturated heterocycles. The molecule has 3 fully saturated rings. The van der Waals surface area contributed by atoms with Crippen molar-refractivity contribution in [2.75, 3.05) is 59.2 Å². The van der Waals surface area contributed by atoms with E-state index in [9.17, 15) is 8.42 Å². The third-order valence-electron chi connectivity index (χ3n) is 6.30. The predicted molar refractivity (Wildman–Crippen MR) is 106 cm³/mol. The highest BCUT2D eigenvalue weighted by Gasteiger charge is 2.41. The minimum atomic E-state index is -3.25. The van der Waals surface area contributed by atoms with Crippen LogP contribution in [0.25, 0.3) is 0 Å². The molecule has 0 radical (unpaired) electrons. The van der Waals surface area contributed by atoms with Gasteiger partial charge >= 0.3 is 0 Å². The number of piperazine rings is 1. The Bertz CT molecular complexity index is 749. The fraction of sp³-hybridized carbons (Fsp3) is 0.700. The second-order valence-corrected chi connectivity index (χ2v) is 10.2. The van der Waals surface area contributed by atoms with Gasteiger partial charge in [0.25, 0.3) is 0 Å². The molecule has 0 bridgehead atoms. The van der Waals surface area contributed by atoms with Crippen LogP contribution in [0.15, 0.2) is 29.2 Å². The van der Waals surface area contributed by atoms with Crippen molar-refractivity contribution in [3.63, 3.8) is 0 Å². The smallest absolute Gasteiger partial charge is 0.175 e. The molecular formula is C20H31N3O3S. The lowest BCUT2D eigenvalue weighted by Crippen LogP contribution is -2.54. The van der Waals surface area contributed by atoms with E-state index in [0.29, 0.717) is 10.9 Å². The summed E-state index contributed by atoms with van der Waals surface area (Å²) < 4.78 is 30.2. The summed E-state index contributed by atoms with van der Waals surface area (Å²) in [6.07, 6.45) is 3.92. The van der Waals surface area contributed by atoms with Crippen molar-refractivity contribution in [2.24, 2.45) is 0 Å². The van der Waals surface area contributed by atoms with Crippen molar-refractivity contribution in [1.29, 1.82) is 0 Å². The Morgan fingerprint density at radius 1 is 1.04 bits per heavy atom. The average molecular weight is 394 g/mol. The molecule has 1 aromatic carbocycles. The van der Waals surface area contributed by atoms with Gasteiger partial charge in [-0.3, -0.25) is 9.80 Å². The third-order valence-corrected chi connectivity index (χ3v) is 7.47. The fourth-order valence-corrected chi connectivity index (χ4v) is 5.62. The van der Waals surface area contributed by atoms with Crippen molar-refractivity contribution in [2.45, 2.75) is 35.9 Å². The lowest BCUT2D eigenvalue weighted by atomic mass is 9.99. The molecule has 27 heavy (non-hydrogen) atoms. The summed E-state index contributed by atoms with van der Waals surface area (Å²) in [7, 11) is -1.05. The van der Waals surface area contributed by atoms with Crippen LogP contribution in [0.3, 0.4) is 0 Å². The van der Waals surface area contributed by atoms with Crippen LogP contribution in [-0.2, 0) is 14.6 Å². The van der Waals surface area contributed by atoms with Crippen LogP contribution < -0.4 is 0 Å². The van der Waals surface area contributed by atoms with Crippen molar-refractivity contribution < 1.29 is 13.2 Å². The van der Waals surface area contributed by atoms with Crippen molar-refractivity contribution in [3.8, 4) is 0 Å². The Hall–Kier alpha value is -0.990. The number of nitrogens with zero attached hydrogens (tertiary/aromatic N) is 3. The Morgan fingerprint density at radius 3 is 2.26 bits per heavy atom. The zero-order chi connectivity index (χ0) is 19.0. The summed E-state index contributed by atoms with van der Waals surface area (Å²) in [5.41, 5.74) is 0.898. The fourth-order valence-electron chi connectivity index (χ4n) is 4.67. The SMILES string of the molecule is CN1CCC(N2CCN(C(c3ccccc3S(C)(=O)=O)C3CO3)CC2)CC1. The van der Waals surface area contributed by atoms with E-state index in [4.69, 9.17) is 4.74 Å². The highest BCUT2D eigenvalue weighted by atomic mass is 32.2. The van der Waals surface area contributed by atoms with E-state index in [2.05, 4.69) is 21.7 Å². The summed E-state index contributed by atoms with van der Waals surface area (Å²) in [5, 5.41) is 0. The second kappa shape index (κ2) is 7.79. The lowest BCUT2D eigenvalue weighted by molar-refractivity contribution is 0.0387. The molecule has 0 aromatic heterocycles. The minimum Gasteiger partial charge on any atom is -0.371 e. The van der Waals surface area contributed by atoms with Gasteiger partial charge in [0.1, 0.15) is 6.10 Å². The molecule has 1 aromatic rings. The molecule has 2 unspecified atom stereocenters. The minimum absolute atomic E-state index is 0.0376. The third kappa shape index (κ3) is 4.38. The monoisotopic (exact) mass is 393 g/mol. The summed E-state index contributed by atoms with van der Waals surface area (Å²) in [5.74, 6) is 0. The molecule has 3 aliphatic heterocycles. The molecule has 0 aliphatic carbocycles. The first-order valence-electron chi connectivity index (χ1n) is 10.0. The van der Waals surface area contributed by atoms with Gasteiger partial charge in [-0.1, -0.05) is 18.2 Å². The van der Waals surface area contributed by atoms with E-state index in [-0.39, 0.29) is 12.1 Å². The van der Waals surface area contributed by atoms with Gasteiger partial charge < -0.3 is 9.64 Å². The Balaban J connectivity index is 1.48. The highest BCUT2D eigenvalue weighted by molar-refractivity contribution is 7.90. The van der Waals surface area contributed by atoms with Crippen LogP contribution in [0, 0.1) is 0 Å². The van der Waals surface area contributed by atoms with Gasteiger partial charge in [0.05, 0.1) is 17.5 Å². The van der Waals surface area contributed by atoms with Crippen molar-refractivity contribution >= 4 is 9.84 Å². The zero-order valence-corrected chi connectivity index (χ0v) is 17.2. The van der Waals surface area contributed by atoms with Crippen molar-refractivity contribution in [3.05, 3.63) is 29.8 Å². The van der Waals surface area contributed by atoms with E-state index in [1.807, 2.05) is 18.2 Å². The summed E-state index contributed by atoms with van der Waals surface area (Å²) in [4.78, 5) is 7.93. The lowest BCUT2D eigenvalue weighted by Gasteiger charge is -2.44. The van der Waals surface area contributed by atoms with E-state index in [1.54, 1.807) is 6.07 Å². The molecule has 0 spiro atoms. The molecule has 2 atom stereocenters. The van der Waals surface area contributed by atoms with Crippen LogP contribution >= 0.6 is 0 Å². The Labute approximate surface area is 163 Å². The number of hydrogen-bond acceptors (Lipinski definition) is 6. The van der Waals surface area contributed by atoms with Gasteiger partial charge in [0, 0.05) is 38.5 Å². The van der Waals surface area contributed by atoms with Gasteiger partial charge in [-0.25, -0.2) is 8.42 Å². The standard InChI is InChI=1S/C20H31N3O3S/c1-21-9-7-16(8-10-21)22-11-13-23(14-12-22)20(18-15-26-18)17-5-3-4-6-19(17)27(2,24)25/h3-6,16,18,20H,7-15H2,1-2H3. The van der Waals surface area contributed by atoms with Gasteiger partial charge in [-0.2, -0.15) is 0 Å². The molecule has 6 nitrogen and oxygen atoms in total. The summed E-state index contributed by atoms with van der Waals surface area (Å²) >= 11 is 0. The summed E-state index contributed by atoms with van der Waals surface area (Å²) in [6.45, 7) is 7.13. The molecule has 0 amide bonds. The van der Waals surface area contributed by atoms with E-state index in [1.165, 1.54) is 32.2 Å². The van der Waals surface area contributed by atoms with Crippen LogP contribution in [0.5, 0.6) is 0 Å². The molecule has 3 heterocycles. The molecule has 0 saturated carbocycles. The first-order valence-corrected chi connectivity index (χ1v) is 11.9. The van der Waals surface area contributed by atoms with Crippen LogP contribution in [-0.4, -0.2) is 94.4 Å². The second-order valence-electron chi connectivity index (χ2n) is 8.23. The molecule has 7 heteroatoms. The van der Waals surface area contributed by atoms with Gasteiger partial charge in [0.2, 0.25) is 0 Å². The maximum Gasteiger partial charge on any atom is 0.175 e. The van der Waals surface area contributed by atoms with Gasteiger partial charge in [-0.05, 0) is 44.6 Å². The summed E-state index contributed by atoms with van der Waals surface area (Å²) in [6, 6.07) is 8.18. The Morgan fingerprint density at radius 2 is 1.67 bits per heavy atom.